The normalized spacial score (nSPS) is 18.5. The number of anilines is 2. The summed E-state index contributed by atoms with van der Waals surface area (Å²) in [5, 5.41) is 3.45. The van der Waals surface area contributed by atoms with Crippen molar-refractivity contribution in [3.05, 3.63) is 23.8 Å². The molecule has 2 aliphatic rings. The van der Waals surface area contributed by atoms with E-state index in [1.54, 1.807) is 0 Å². The van der Waals surface area contributed by atoms with Gasteiger partial charge in [-0.2, -0.15) is 0 Å². The van der Waals surface area contributed by atoms with Crippen LogP contribution < -0.4 is 10.2 Å². The van der Waals surface area contributed by atoms with Crippen molar-refractivity contribution in [3.8, 4) is 0 Å². The van der Waals surface area contributed by atoms with Crippen molar-refractivity contribution in [1.29, 1.82) is 0 Å². The summed E-state index contributed by atoms with van der Waals surface area (Å²) in [6.45, 7) is 8.89. The quantitative estimate of drug-likeness (QED) is 0.865. The molecule has 1 aromatic rings. The number of esters is 1. The van der Waals surface area contributed by atoms with Crippen LogP contribution in [0.1, 0.15) is 45.6 Å². The molecule has 0 saturated carbocycles. The van der Waals surface area contributed by atoms with Gasteiger partial charge >= 0.3 is 5.97 Å². The summed E-state index contributed by atoms with van der Waals surface area (Å²) >= 11 is 0. The van der Waals surface area contributed by atoms with Crippen LogP contribution in [0, 0.1) is 5.92 Å². The van der Waals surface area contributed by atoms with E-state index in [9.17, 15) is 4.79 Å². The van der Waals surface area contributed by atoms with Gasteiger partial charge in [0.25, 0.3) is 0 Å². The largest absolute Gasteiger partial charge is 0.460 e. The van der Waals surface area contributed by atoms with Gasteiger partial charge in [0.05, 0.1) is 0 Å². The Bertz CT molecular complexity index is 569. The zero-order valence-electron chi connectivity index (χ0n) is 14.5. The van der Waals surface area contributed by atoms with Gasteiger partial charge in [-0.05, 0) is 58.1 Å². The summed E-state index contributed by atoms with van der Waals surface area (Å²) in [7, 11) is 0. The highest BCUT2D eigenvalue weighted by atomic mass is 16.6. The van der Waals surface area contributed by atoms with Gasteiger partial charge < -0.3 is 15.0 Å². The van der Waals surface area contributed by atoms with Crippen LogP contribution in [0.5, 0.6) is 0 Å². The molecule has 4 nitrogen and oxygen atoms in total. The number of hydrogen-bond donors (Lipinski definition) is 1. The molecule has 3 rings (SSSR count). The minimum Gasteiger partial charge on any atom is -0.460 e. The fourth-order valence-electron chi connectivity index (χ4n) is 3.62. The summed E-state index contributed by atoms with van der Waals surface area (Å²) in [4.78, 5) is 14.5. The van der Waals surface area contributed by atoms with Crippen LogP contribution in [0.4, 0.5) is 11.4 Å². The highest BCUT2D eigenvalue weighted by Crippen LogP contribution is 2.34. The second-order valence-electron chi connectivity index (χ2n) is 7.70. The van der Waals surface area contributed by atoms with Crippen molar-refractivity contribution in [3.63, 3.8) is 0 Å². The summed E-state index contributed by atoms with van der Waals surface area (Å²) in [5.74, 6) is 0.400. The number of rotatable bonds is 3. The van der Waals surface area contributed by atoms with E-state index in [0.29, 0.717) is 12.3 Å². The summed E-state index contributed by atoms with van der Waals surface area (Å²) in [6, 6.07) is 6.54. The average molecular weight is 316 g/mol. The van der Waals surface area contributed by atoms with Crippen molar-refractivity contribution in [2.24, 2.45) is 5.92 Å². The number of carbonyl (C=O) groups is 1. The van der Waals surface area contributed by atoms with Crippen LogP contribution in [0.15, 0.2) is 18.2 Å². The van der Waals surface area contributed by atoms with E-state index < -0.39 is 0 Å². The lowest BCUT2D eigenvalue weighted by Crippen LogP contribution is -2.35. The smallest absolute Gasteiger partial charge is 0.306 e. The standard InChI is InChI=1S/C19H28N2O2/c1-19(2,3)23-18(22)13-14-8-11-21(12-9-14)17-6-4-5-16-15(17)7-10-20-16/h4-6,14,20H,7-13H2,1-3H3. The maximum absolute atomic E-state index is 12.0. The average Bonchev–Trinajstić information content (AvgIpc) is 2.94. The molecule has 0 radical (unpaired) electrons. The molecule has 0 aromatic heterocycles. The maximum atomic E-state index is 12.0. The number of benzene rings is 1. The first-order chi connectivity index (χ1) is 10.9. The van der Waals surface area contributed by atoms with Crippen molar-refractivity contribution in [1.82, 2.24) is 0 Å². The minimum absolute atomic E-state index is 0.0549. The van der Waals surface area contributed by atoms with E-state index in [1.165, 1.54) is 16.9 Å². The summed E-state index contributed by atoms with van der Waals surface area (Å²) < 4.78 is 5.45. The third kappa shape index (κ3) is 3.98. The number of nitrogens with one attached hydrogen (secondary N) is 1. The van der Waals surface area contributed by atoms with Crippen LogP contribution in [0.25, 0.3) is 0 Å². The van der Waals surface area contributed by atoms with E-state index in [-0.39, 0.29) is 11.6 Å². The van der Waals surface area contributed by atoms with Gasteiger partial charge in [-0.1, -0.05) is 6.07 Å². The Hall–Kier alpha value is -1.71. The van der Waals surface area contributed by atoms with Crippen LogP contribution in [-0.2, 0) is 16.0 Å². The predicted octanol–water partition coefficient (Wildman–Crippen LogP) is 3.60. The molecule has 23 heavy (non-hydrogen) atoms. The molecule has 0 bridgehead atoms. The van der Waals surface area contributed by atoms with Crippen LogP contribution >= 0.6 is 0 Å². The molecular formula is C19H28N2O2. The molecule has 2 aliphatic heterocycles. The molecule has 4 heteroatoms. The third-order valence-corrected chi connectivity index (χ3v) is 4.67. The van der Waals surface area contributed by atoms with E-state index in [1.807, 2.05) is 20.8 Å². The molecule has 1 fully saturated rings. The zero-order valence-corrected chi connectivity index (χ0v) is 14.5. The number of ether oxygens (including phenoxy) is 1. The third-order valence-electron chi connectivity index (χ3n) is 4.67. The van der Waals surface area contributed by atoms with E-state index in [2.05, 4.69) is 28.4 Å². The molecule has 0 atom stereocenters. The maximum Gasteiger partial charge on any atom is 0.306 e. The lowest BCUT2D eigenvalue weighted by Gasteiger charge is -2.34. The SMILES string of the molecule is CC(C)(C)OC(=O)CC1CCN(c2cccc3c2CCN3)CC1. The molecule has 1 N–H and O–H groups in total. The van der Waals surface area contributed by atoms with Gasteiger partial charge in [0.15, 0.2) is 0 Å². The van der Waals surface area contributed by atoms with E-state index >= 15 is 0 Å². The predicted molar refractivity (Wildman–Crippen MR) is 94.0 cm³/mol. The fraction of sp³-hybridized carbons (Fsp3) is 0.632. The van der Waals surface area contributed by atoms with Crippen molar-refractivity contribution in [2.75, 3.05) is 29.9 Å². The topological polar surface area (TPSA) is 41.6 Å². The number of nitrogens with zero attached hydrogens (tertiary/aromatic N) is 1. The Balaban J connectivity index is 1.55. The van der Waals surface area contributed by atoms with E-state index in [0.717, 1.165) is 38.9 Å². The Labute approximate surface area is 139 Å². The highest BCUT2D eigenvalue weighted by Gasteiger charge is 2.26. The Morgan fingerprint density at radius 3 is 2.74 bits per heavy atom. The lowest BCUT2D eigenvalue weighted by molar-refractivity contribution is -0.156. The van der Waals surface area contributed by atoms with E-state index in [4.69, 9.17) is 4.74 Å². The first-order valence-electron chi connectivity index (χ1n) is 8.75. The Morgan fingerprint density at radius 2 is 2.04 bits per heavy atom. The summed E-state index contributed by atoms with van der Waals surface area (Å²) in [6.07, 6.45) is 3.80. The number of carbonyl (C=O) groups excluding carboxylic acids is 1. The molecule has 0 amide bonds. The molecule has 2 heterocycles. The second kappa shape index (κ2) is 6.42. The first kappa shape index (κ1) is 16.2. The molecule has 126 valence electrons. The van der Waals surface area contributed by atoms with Gasteiger partial charge in [0.1, 0.15) is 5.60 Å². The molecular weight excluding hydrogens is 288 g/mol. The fourth-order valence-corrected chi connectivity index (χ4v) is 3.62. The van der Waals surface area contributed by atoms with Gasteiger partial charge in [0.2, 0.25) is 0 Å². The molecule has 0 unspecified atom stereocenters. The van der Waals surface area contributed by atoms with Crippen molar-refractivity contribution in [2.45, 2.75) is 52.1 Å². The molecule has 0 aliphatic carbocycles. The van der Waals surface area contributed by atoms with Crippen LogP contribution in [0.3, 0.4) is 0 Å². The van der Waals surface area contributed by atoms with Gasteiger partial charge in [-0.25, -0.2) is 0 Å². The number of hydrogen-bond acceptors (Lipinski definition) is 4. The monoisotopic (exact) mass is 316 g/mol. The lowest BCUT2D eigenvalue weighted by atomic mass is 9.92. The van der Waals surface area contributed by atoms with Gasteiger partial charge in [-0.15, -0.1) is 0 Å². The Kier molecular flexibility index (Phi) is 4.51. The molecule has 1 aromatic carbocycles. The first-order valence-corrected chi connectivity index (χ1v) is 8.75. The van der Waals surface area contributed by atoms with Crippen molar-refractivity contribution < 1.29 is 9.53 Å². The molecule has 1 saturated heterocycles. The number of fused-ring (bicyclic) bond motifs is 1. The number of piperidine rings is 1. The summed E-state index contributed by atoms with van der Waals surface area (Å²) in [5.41, 5.74) is 3.75. The van der Waals surface area contributed by atoms with Gasteiger partial charge in [0, 0.05) is 43.0 Å². The Morgan fingerprint density at radius 1 is 1.30 bits per heavy atom. The van der Waals surface area contributed by atoms with Crippen LogP contribution in [-0.4, -0.2) is 31.2 Å². The van der Waals surface area contributed by atoms with Gasteiger partial charge in [-0.3, -0.25) is 4.79 Å². The minimum atomic E-state index is -0.380. The zero-order chi connectivity index (χ0) is 16.4. The highest BCUT2D eigenvalue weighted by molar-refractivity contribution is 5.71. The van der Waals surface area contributed by atoms with Crippen molar-refractivity contribution >= 4 is 17.3 Å². The molecule has 0 spiro atoms. The second-order valence-corrected chi connectivity index (χ2v) is 7.70. The van der Waals surface area contributed by atoms with Crippen LogP contribution in [0.2, 0.25) is 0 Å².